The first-order valence-electron chi connectivity index (χ1n) is 16.4. The van der Waals surface area contributed by atoms with Gasteiger partial charge in [0, 0.05) is 22.4 Å². The highest BCUT2D eigenvalue weighted by molar-refractivity contribution is 6.07. The van der Waals surface area contributed by atoms with Crippen LogP contribution in [0.15, 0.2) is 146 Å². The molecule has 1 aliphatic rings. The Kier molecular flexibility index (Phi) is 6.44. The van der Waals surface area contributed by atoms with Crippen molar-refractivity contribution in [2.75, 3.05) is 4.90 Å². The first-order valence-corrected chi connectivity index (χ1v) is 16.4. The summed E-state index contributed by atoms with van der Waals surface area (Å²) in [5, 5.41) is 4.99. The van der Waals surface area contributed by atoms with Crippen molar-refractivity contribution < 1.29 is 0 Å². The molecule has 0 saturated carbocycles. The number of hydrogen-bond acceptors (Lipinski definition) is 1. The van der Waals surface area contributed by atoms with Crippen LogP contribution < -0.4 is 4.90 Å². The Bertz CT molecular complexity index is 2260. The van der Waals surface area contributed by atoms with Crippen molar-refractivity contribution in [3.8, 4) is 22.3 Å². The topological polar surface area (TPSA) is 3.24 Å². The highest BCUT2D eigenvalue weighted by Crippen LogP contribution is 2.52. The van der Waals surface area contributed by atoms with Gasteiger partial charge in [-0.3, -0.25) is 0 Å². The summed E-state index contributed by atoms with van der Waals surface area (Å²) < 4.78 is 0. The first-order chi connectivity index (χ1) is 22.2. The molecular weight excluding hydrogens is 555 g/mol. The maximum atomic E-state index is 2.47. The molecular formula is C45H39N. The van der Waals surface area contributed by atoms with Crippen LogP contribution in [0, 0.1) is 0 Å². The quantitative estimate of drug-likeness (QED) is 0.196. The lowest BCUT2D eigenvalue weighted by molar-refractivity contribution is 0.590. The number of fused-ring (bicyclic) bond motifs is 5. The van der Waals surface area contributed by atoms with Crippen molar-refractivity contribution in [1.82, 2.24) is 0 Å². The standard InChI is InChI=1S/C45H39N/c1-44(2,3)34-21-23-35(24-22-34)46(36-25-26-41-39(29-36)38-16-10-11-17-40(38)45(41,4)5)42-27-20-31-13-8-9-15-37(31)43(42)33-19-18-30-12-6-7-14-32(30)28-33/h6-29H,1-5H3. The molecule has 1 heteroatoms. The molecule has 0 unspecified atom stereocenters. The van der Waals surface area contributed by atoms with E-state index in [1.54, 1.807) is 0 Å². The third kappa shape index (κ3) is 4.53. The second kappa shape index (κ2) is 10.5. The van der Waals surface area contributed by atoms with E-state index >= 15 is 0 Å². The summed E-state index contributed by atoms with van der Waals surface area (Å²) in [7, 11) is 0. The average Bonchev–Trinajstić information content (AvgIpc) is 3.30. The van der Waals surface area contributed by atoms with Crippen LogP contribution in [0.4, 0.5) is 17.1 Å². The lowest BCUT2D eigenvalue weighted by Gasteiger charge is -2.30. The van der Waals surface area contributed by atoms with Crippen molar-refractivity contribution in [2.24, 2.45) is 0 Å². The van der Waals surface area contributed by atoms with Gasteiger partial charge in [-0.25, -0.2) is 0 Å². The normalized spacial score (nSPS) is 13.5. The summed E-state index contributed by atoms with van der Waals surface area (Å²) in [4.78, 5) is 2.47. The van der Waals surface area contributed by atoms with Gasteiger partial charge in [-0.15, -0.1) is 0 Å². The molecule has 0 spiro atoms. The number of rotatable bonds is 4. The Labute approximate surface area is 272 Å². The van der Waals surface area contributed by atoms with E-state index in [0.29, 0.717) is 0 Å². The fraction of sp³-hybridized carbons (Fsp3) is 0.156. The number of hydrogen-bond donors (Lipinski definition) is 0. The SMILES string of the molecule is CC(C)(C)c1ccc(N(c2ccc3c(c2)-c2ccccc2C3(C)C)c2ccc3ccccc3c2-c2ccc3ccccc3c2)cc1. The molecule has 0 bridgehead atoms. The molecule has 0 aromatic heterocycles. The highest BCUT2D eigenvalue weighted by Gasteiger charge is 2.35. The summed E-state index contributed by atoms with van der Waals surface area (Å²) >= 11 is 0. The van der Waals surface area contributed by atoms with Gasteiger partial charge in [0.05, 0.1) is 5.69 Å². The van der Waals surface area contributed by atoms with Crippen molar-refractivity contribution in [3.05, 3.63) is 162 Å². The molecule has 0 atom stereocenters. The third-order valence-corrected chi connectivity index (χ3v) is 10.0. The molecule has 8 rings (SSSR count). The predicted octanol–water partition coefficient (Wildman–Crippen LogP) is 12.7. The summed E-state index contributed by atoms with van der Waals surface area (Å²) in [5.41, 5.74) is 12.7. The lowest BCUT2D eigenvalue weighted by atomic mass is 9.82. The van der Waals surface area contributed by atoms with Crippen molar-refractivity contribution in [2.45, 2.75) is 45.4 Å². The highest BCUT2D eigenvalue weighted by atomic mass is 15.1. The molecule has 1 nitrogen and oxygen atoms in total. The monoisotopic (exact) mass is 593 g/mol. The average molecular weight is 594 g/mol. The van der Waals surface area contributed by atoms with Gasteiger partial charge in [-0.05, 0) is 96.7 Å². The van der Waals surface area contributed by atoms with Crippen molar-refractivity contribution in [1.29, 1.82) is 0 Å². The maximum Gasteiger partial charge on any atom is 0.0546 e. The maximum absolute atomic E-state index is 2.47. The lowest BCUT2D eigenvalue weighted by Crippen LogP contribution is -2.16. The molecule has 0 fully saturated rings. The van der Waals surface area contributed by atoms with E-state index in [9.17, 15) is 0 Å². The molecule has 7 aromatic rings. The van der Waals surface area contributed by atoms with Gasteiger partial charge in [0.2, 0.25) is 0 Å². The molecule has 0 radical (unpaired) electrons. The van der Waals surface area contributed by atoms with E-state index in [0.717, 1.165) is 11.4 Å². The molecule has 7 aromatic carbocycles. The summed E-state index contributed by atoms with van der Waals surface area (Å²) in [6.07, 6.45) is 0. The largest absolute Gasteiger partial charge is 0.310 e. The Morgan fingerprint density at radius 3 is 1.91 bits per heavy atom. The van der Waals surface area contributed by atoms with E-state index in [1.165, 1.54) is 66.2 Å². The fourth-order valence-electron chi connectivity index (χ4n) is 7.48. The molecule has 0 aliphatic heterocycles. The molecule has 224 valence electrons. The summed E-state index contributed by atoms with van der Waals surface area (Å²) in [5.74, 6) is 0. The van der Waals surface area contributed by atoms with Crippen LogP contribution in [-0.2, 0) is 10.8 Å². The van der Waals surface area contributed by atoms with Crippen LogP contribution in [-0.4, -0.2) is 0 Å². The number of benzene rings is 7. The van der Waals surface area contributed by atoms with Gasteiger partial charge >= 0.3 is 0 Å². The minimum absolute atomic E-state index is 0.0388. The van der Waals surface area contributed by atoms with Gasteiger partial charge in [0.1, 0.15) is 0 Å². The Balaban J connectivity index is 1.41. The Morgan fingerprint density at radius 2 is 1.13 bits per heavy atom. The van der Waals surface area contributed by atoms with Gasteiger partial charge in [0.25, 0.3) is 0 Å². The van der Waals surface area contributed by atoms with Crippen LogP contribution in [0.5, 0.6) is 0 Å². The molecule has 0 amide bonds. The smallest absolute Gasteiger partial charge is 0.0546 e. The molecule has 0 heterocycles. The molecule has 46 heavy (non-hydrogen) atoms. The van der Waals surface area contributed by atoms with Crippen LogP contribution in [0.2, 0.25) is 0 Å². The van der Waals surface area contributed by atoms with Gasteiger partial charge < -0.3 is 4.90 Å². The Morgan fingerprint density at radius 1 is 0.500 bits per heavy atom. The molecule has 1 aliphatic carbocycles. The van der Waals surface area contributed by atoms with E-state index in [2.05, 4.69) is 185 Å². The fourth-order valence-corrected chi connectivity index (χ4v) is 7.48. The summed E-state index contributed by atoms with van der Waals surface area (Å²) in [6, 6.07) is 54.1. The predicted molar refractivity (Wildman–Crippen MR) is 198 cm³/mol. The second-order valence-corrected chi connectivity index (χ2v) is 14.3. The number of nitrogens with zero attached hydrogens (tertiary/aromatic N) is 1. The van der Waals surface area contributed by atoms with E-state index in [-0.39, 0.29) is 10.8 Å². The zero-order chi connectivity index (χ0) is 31.6. The minimum Gasteiger partial charge on any atom is -0.310 e. The zero-order valence-electron chi connectivity index (χ0n) is 27.3. The molecule has 0 N–H and O–H groups in total. The van der Waals surface area contributed by atoms with Crippen LogP contribution in [0.25, 0.3) is 43.8 Å². The minimum atomic E-state index is -0.0388. The van der Waals surface area contributed by atoms with E-state index in [1.807, 2.05) is 0 Å². The van der Waals surface area contributed by atoms with Crippen molar-refractivity contribution >= 4 is 38.6 Å². The van der Waals surface area contributed by atoms with Gasteiger partial charge in [-0.1, -0.05) is 144 Å². The van der Waals surface area contributed by atoms with Gasteiger partial charge in [-0.2, -0.15) is 0 Å². The van der Waals surface area contributed by atoms with E-state index < -0.39 is 0 Å². The van der Waals surface area contributed by atoms with Crippen LogP contribution in [0.1, 0.15) is 51.3 Å². The third-order valence-electron chi connectivity index (χ3n) is 10.0. The van der Waals surface area contributed by atoms with Crippen LogP contribution >= 0.6 is 0 Å². The van der Waals surface area contributed by atoms with Crippen LogP contribution in [0.3, 0.4) is 0 Å². The molecule has 0 saturated heterocycles. The Hall–Kier alpha value is -5.14. The number of anilines is 3. The second-order valence-electron chi connectivity index (χ2n) is 14.3. The first kappa shape index (κ1) is 28.3. The zero-order valence-corrected chi connectivity index (χ0v) is 27.3. The summed E-state index contributed by atoms with van der Waals surface area (Å²) in [6.45, 7) is 11.5. The van der Waals surface area contributed by atoms with E-state index in [4.69, 9.17) is 0 Å². The van der Waals surface area contributed by atoms with Gasteiger partial charge in [0.15, 0.2) is 0 Å². The van der Waals surface area contributed by atoms with Crippen molar-refractivity contribution in [3.63, 3.8) is 0 Å².